The first kappa shape index (κ1) is 25.4. The Hall–Kier alpha value is -4.69. The zero-order chi connectivity index (χ0) is 26.4. The average Bonchev–Trinajstić information content (AvgIpc) is 3.41. The number of likely N-dealkylation sites (tertiary alicyclic amines) is 1. The van der Waals surface area contributed by atoms with Crippen molar-refractivity contribution in [3.63, 3.8) is 0 Å². The maximum absolute atomic E-state index is 11.3. The van der Waals surface area contributed by atoms with Gasteiger partial charge in [0.05, 0.1) is 53.1 Å². The number of aromatic nitrogens is 3. The molecule has 3 heterocycles. The molecular formula is C26H27N9O2. The highest BCUT2D eigenvalue weighted by Crippen LogP contribution is 2.27. The molecule has 37 heavy (non-hydrogen) atoms. The summed E-state index contributed by atoms with van der Waals surface area (Å²) < 4.78 is 0. The van der Waals surface area contributed by atoms with Crippen molar-refractivity contribution in [1.29, 1.82) is 5.26 Å². The second kappa shape index (κ2) is 11.4. The van der Waals surface area contributed by atoms with E-state index in [0.717, 1.165) is 17.9 Å². The normalized spacial score (nSPS) is 17.1. The first-order valence-electron chi connectivity index (χ1n) is 11.7. The number of hydrazone groups is 1. The predicted molar refractivity (Wildman–Crippen MR) is 139 cm³/mol. The van der Waals surface area contributed by atoms with E-state index in [0.29, 0.717) is 41.2 Å². The van der Waals surface area contributed by atoms with E-state index in [2.05, 4.69) is 31.0 Å². The second-order valence-electron chi connectivity index (χ2n) is 8.72. The van der Waals surface area contributed by atoms with Crippen LogP contribution in [0.4, 0.5) is 5.95 Å². The van der Waals surface area contributed by atoms with Gasteiger partial charge in [-0.3, -0.25) is 19.7 Å². The number of carbonyl (C=O) groups is 1. The van der Waals surface area contributed by atoms with Gasteiger partial charge < -0.3 is 16.7 Å². The number of aliphatic imine (C=N–C) groups is 1. The van der Waals surface area contributed by atoms with Gasteiger partial charge in [-0.1, -0.05) is 18.2 Å². The number of rotatable bonds is 8. The first-order valence-corrected chi connectivity index (χ1v) is 11.7. The molecule has 2 aromatic heterocycles. The molecule has 0 spiro atoms. The van der Waals surface area contributed by atoms with Gasteiger partial charge in [0.15, 0.2) is 0 Å². The lowest BCUT2D eigenvalue weighted by atomic mass is 10.1. The largest absolute Gasteiger partial charge is 0.481 e. The van der Waals surface area contributed by atoms with Crippen LogP contribution in [0.2, 0.25) is 0 Å². The summed E-state index contributed by atoms with van der Waals surface area (Å²) in [5, 5.41) is 22.3. The molecular weight excluding hydrogens is 470 g/mol. The van der Waals surface area contributed by atoms with Crippen molar-refractivity contribution in [3.05, 3.63) is 71.2 Å². The zero-order valence-electron chi connectivity index (χ0n) is 20.3. The van der Waals surface area contributed by atoms with Gasteiger partial charge in [0, 0.05) is 18.2 Å². The van der Waals surface area contributed by atoms with E-state index in [1.807, 2.05) is 31.2 Å². The fourth-order valence-electron chi connectivity index (χ4n) is 4.23. The number of nitrogens with two attached hydrogens (primary N) is 2. The Bertz CT molecular complexity index is 1400. The van der Waals surface area contributed by atoms with E-state index >= 15 is 0 Å². The van der Waals surface area contributed by atoms with Crippen LogP contribution in [0.25, 0.3) is 11.3 Å². The number of hydrogen-bond acceptors (Lipinski definition) is 10. The summed E-state index contributed by atoms with van der Waals surface area (Å²) in [6.45, 7) is 3.56. The highest BCUT2D eigenvalue weighted by atomic mass is 16.4. The minimum absolute atomic E-state index is 0.00334. The van der Waals surface area contributed by atoms with Crippen LogP contribution in [0.15, 0.2) is 58.6 Å². The van der Waals surface area contributed by atoms with Gasteiger partial charge in [0.2, 0.25) is 5.95 Å². The molecule has 3 aromatic rings. The van der Waals surface area contributed by atoms with Crippen molar-refractivity contribution in [2.24, 2.45) is 21.9 Å². The number of aliphatic carboxylic acids is 1. The zero-order valence-corrected chi connectivity index (χ0v) is 20.3. The minimum Gasteiger partial charge on any atom is -0.481 e. The standard InChI is InChI=1S/C26H27N9O2/c1-16(35-9-8-19(15-35)25(36)37)21-7-3-6-20(31-21)13-30-14-24(34-29)23-11-22(32-26(28)33-23)18-5-2-4-17(10-18)12-27/h2-7,10-11,14,16,19H,8-9,13,15,29H2,1H3,(H,36,37)(H2,28,32,33)/t16-,19+/m0/s1. The lowest BCUT2D eigenvalue weighted by Crippen LogP contribution is -2.27. The Morgan fingerprint density at radius 3 is 2.81 bits per heavy atom. The molecule has 4 rings (SSSR count). The lowest BCUT2D eigenvalue weighted by Gasteiger charge is -2.23. The third-order valence-corrected chi connectivity index (χ3v) is 6.27. The summed E-state index contributed by atoms with van der Waals surface area (Å²) in [7, 11) is 0. The van der Waals surface area contributed by atoms with E-state index in [1.54, 1.807) is 24.3 Å². The van der Waals surface area contributed by atoms with Gasteiger partial charge in [-0.05, 0) is 50.2 Å². The Morgan fingerprint density at radius 2 is 2.08 bits per heavy atom. The fourth-order valence-corrected chi connectivity index (χ4v) is 4.23. The van der Waals surface area contributed by atoms with Crippen molar-refractivity contribution in [2.45, 2.75) is 25.9 Å². The number of hydrogen-bond donors (Lipinski definition) is 3. The van der Waals surface area contributed by atoms with Crippen molar-refractivity contribution in [3.8, 4) is 17.3 Å². The molecule has 1 aliphatic heterocycles. The molecule has 1 aliphatic rings. The van der Waals surface area contributed by atoms with Crippen LogP contribution in [0.5, 0.6) is 0 Å². The van der Waals surface area contributed by atoms with E-state index < -0.39 is 5.97 Å². The molecule has 0 aliphatic carbocycles. The second-order valence-corrected chi connectivity index (χ2v) is 8.72. The number of carboxylic acid groups (broad SMARTS) is 1. The van der Waals surface area contributed by atoms with Crippen LogP contribution in [0.1, 0.15) is 42.0 Å². The van der Waals surface area contributed by atoms with Gasteiger partial charge in [-0.15, -0.1) is 0 Å². The molecule has 188 valence electrons. The SMILES string of the molecule is C[C@@H](c1cccc(CN=CC(=NN)c2cc(-c3cccc(C#N)c3)nc(N)n2)n1)N1CC[C@@H](C(=O)O)C1. The van der Waals surface area contributed by atoms with Crippen LogP contribution in [0.3, 0.4) is 0 Å². The van der Waals surface area contributed by atoms with Crippen molar-refractivity contribution in [2.75, 3.05) is 18.8 Å². The molecule has 0 bridgehead atoms. The van der Waals surface area contributed by atoms with Crippen molar-refractivity contribution in [1.82, 2.24) is 19.9 Å². The number of nitrogen functional groups attached to an aromatic ring is 1. The smallest absolute Gasteiger partial charge is 0.307 e. The molecule has 0 amide bonds. The van der Waals surface area contributed by atoms with Crippen LogP contribution >= 0.6 is 0 Å². The van der Waals surface area contributed by atoms with Crippen LogP contribution in [-0.2, 0) is 11.3 Å². The number of carboxylic acids is 1. The maximum Gasteiger partial charge on any atom is 0.307 e. The summed E-state index contributed by atoms with van der Waals surface area (Å²) in [5.41, 5.74) is 10.00. The van der Waals surface area contributed by atoms with Gasteiger partial charge in [0.1, 0.15) is 5.71 Å². The van der Waals surface area contributed by atoms with Crippen LogP contribution in [0, 0.1) is 17.2 Å². The number of benzene rings is 1. The molecule has 0 radical (unpaired) electrons. The first-order chi connectivity index (χ1) is 17.9. The number of nitrogens with zero attached hydrogens (tertiary/aromatic N) is 7. The summed E-state index contributed by atoms with van der Waals surface area (Å²) in [6.07, 6.45) is 2.15. The Balaban J connectivity index is 1.47. The van der Waals surface area contributed by atoms with Crippen molar-refractivity contribution < 1.29 is 9.90 Å². The third-order valence-electron chi connectivity index (χ3n) is 6.27. The quantitative estimate of drug-likeness (QED) is 0.239. The fraction of sp³-hybridized carbons (Fsp3) is 0.269. The summed E-state index contributed by atoms with van der Waals surface area (Å²) >= 11 is 0. The monoisotopic (exact) mass is 497 g/mol. The van der Waals surface area contributed by atoms with E-state index in [4.69, 9.17) is 16.6 Å². The molecule has 0 saturated carbocycles. The van der Waals surface area contributed by atoms with Crippen molar-refractivity contribution >= 4 is 23.8 Å². The van der Waals surface area contributed by atoms with Crippen LogP contribution < -0.4 is 11.6 Å². The summed E-state index contributed by atoms with van der Waals surface area (Å²) in [4.78, 5) is 31.1. The molecule has 1 aromatic carbocycles. The molecule has 2 atom stereocenters. The number of pyridine rings is 1. The highest BCUT2D eigenvalue weighted by molar-refractivity contribution is 6.37. The molecule has 1 fully saturated rings. The Kier molecular flexibility index (Phi) is 7.80. The predicted octanol–water partition coefficient (Wildman–Crippen LogP) is 2.39. The van der Waals surface area contributed by atoms with Gasteiger partial charge in [-0.2, -0.15) is 10.4 Å². The van der Waals surface area contributed by atoms with E-state index in [9.17, 15) is 15.2 Å². The Labute approximate surface area is 214 Å². The molecule has 0 unspecified atom stereocenters. The number of anilines is 1. The van der Waals surface area contributed by atoms with Gasteiger partial charge in [-0.25, -0.2) is 9.97 Å². The summed E-state index contributed by atoms with van der Waals surface area (Å²) in [6, 6.07) is 16.5. The minimum atomic E-state index is -0.753. The van der Waals surface area contributed by atoms with Crippen LogP contribution in [-0.4, -0.2) is 55.9 Å². The Morgan fingerprint density at radius 1 is 1.27 bits per heavy atom. The van der Waals surface area contributed by atoms with E-state index in [-0.39, 0.29) is 24.5 Å². The molecule has 5 N–H and O–H groups in total. The molecule has 11 heteroatoms. The maximum atomic E-state index is 11.3. The van der Waals surface area contributed by atoms with Gasteiger partial charge in [0.25, 0.3) is 0 Å². The summed E-state index contributed by atoms with van der Waals surface area (Å²) in [5.74, 6) is 4.58. The highest BCUT2D eigenvalue weighted by Gasteiger charge is 2.31. The van der Waals surface area contributed by atoms with Gasteiger partial charge >= 0.3 is 5.97 Å². The number of nitriles is 1. The molecule has 1 saturated heterocycles. The topological polar surface area (TPSA) is 180 Å². The average molecular weight is 498 g/mol. The lowest BCUT2D eigenvalue weighted by molar-refractivity contribution is -0.141. The van der Waals surface area contributed by atoms with E-state index in [1.165, 1.54) is 6.21 Å². The molecule has 11 nitrogen and oxygen atoms in total. The third kappa shape index (κ3) is 6.12.